The zero-order chi connectivity index (χ0) is 37.1. The highest BCUT2D eigenvalue weighted by molar-refractivity contribution is 5.96. The summed E-state index contributed by atoms with van der Waals surface area (Å²) >= 11 is 0. The van der Waals surface area contributed by atoms with Gasteiger partial charge in [0.2, 0.25) is 29.5 Å². The van der Waals surface area contributed by atoms with E-state index in [1.165, 1.54) is 5.56 Å². The van der Waals surface area contributed by atoms with E-state index in [-0.39, 0.29) is 54.4 Å². The summed E-state index contributed by atoms with van der Waals surface area (Å²) in [5.41, 5.74) is 6.03. The van der Waals surface area contributed by atoms with Crippen molar-refractivity contribution in [1.29, 1.82) is 0 Å². The van der Waals surface area contributed by atoms with E-state index in [0.717, 1.165) is 66.7 Å². The molecule has 0 unspecified atom stereocenters. The molecule has 1 fully saturated rings. The number of hydrogen-bond donors (Lipinski definition) is 3. The second kappa shape index (κ2) is 15.9. The molecule has 1 aromatic heterocycles. The second-order valence-electron chi connectivity index (χ2n) is 14.8. The average molecular weight is 718 g/mol. The molecule has 4 atom stereocenters. The van der Waals surface area contributed by atoms with Gasteiger partial charge < -0.3 is 30.2 Å². The molecule has 1 aliphatic carbocycles. The number of nitrogens with one attached hydrogen (secondary N) is 3. The lowest BCUT2D eigenvalue weighted by molar-refractivity contribution is -0.126. The Balaban J connectivity index is 0.894. The van der Waals surface area contributed by atoms with E-state index in [1.54, 1.807) is 0 Å². The highest BCUT2D eigenvalue weighted by Crippen LogP contribution is 2.40. The molecular weight excluding hydrogens is 667 g/mol. The molecule has 11 heteroatoms. The number of para-hydroxylation sites is 2. The van der Waals surface area contributed by atoms with Crippen LogP contribution in [-0.2, 0) is 20.9 Å². The third kappa shape index (κ3) is 7.71. The van der Waals surface area contributed by atoms with E-state index in [0.29, 0.717) is 30.7 Å². The summed E-state index contributed by atoms with van der Waals surface area (Å²) in [6.45, 7) is 8.24. The van der Waals surface area contributed by atoms with Gasteiger partial charge in [0.25, 0.3) is 0 Å². The molecule has 7 rings (SSSR count). The predicted octanol–water partition coefficient (Wildman–Crippen LogP) is 7.47. The number of aromatic nitrogens is 2. The van der Waals surface area contributed by atoms with Crippen LogP contribution in [0.25, 0.3) is 11.5 Å². The average Bonchev–Trinajstić information content (AvgIpc) is 3.66. The summed E-state index contributed by atoms with van der Waals surface area (Å²) in [6, 6.07) is 25.0. The summed E-state index contributed by atoms with van der Waals surface area (Å²) in [5, 5.41) is 19.0. The summed E-state index contributed by atoms with van der Waals surface area (Å²) in [7, 11) is 0. The molecule has 53 heavy (non-hydrogen) atoms. The SMILES string of the molecule is CCC(=O)N1c2ccccc2[C@H](Nc2ccc(-c3nnc(CNC(=O)C4CCC(N[C@@H]5C[C@H](C)N(C(=O)CC)c6ccccc65)CC4)o3)cc2)C[C@@H]1C. The molecule has 3 aromatic carbocycles. The van der Waals surface area contributed by atoms with Gasteiger partial charge in [0.05, 0.1) is 12.6 Å². The first-order chi connectivity index (χ1) is 25.7. The molecule has 0 radical (unpaired) electrons. The van der Waals surface area contributed by atoms with Gasteiger partial charge in [-0.15, -0.1) is 10.2 Å². The van der Waals surface area contributed by atoms with Crippen LogP contribution < -0.4 is 25.8 Å². The van der Waals surface area contributed by atoms with Crippen LogP contribution in [0.1, 0.15) is 108 Å². The number of fused-ring (bicyclic) bond motifs is 2. The normalized spacial score (nSPS) is 23.8. The first-order valence-electron chi connectivity index (χ1n) is 19.3. The molecule has 3 heterocycles. The van der Waals surface area contributed by atoms with Crippen molar-refractivity contribution in [3.8, 4) is 11.5 Å². The minimum atomic E-state index is -0.0555. The molecule has 11 nitrogen and oxygen atoms in total. The number of anilines is 3. The van der Waals surface area contributed by atoms with E-state index in [4.69, 9.17) is 4.42 Å². The summed E-state index contributed by atoms with van der Waals surface area (Å²) < 4.78 is 5.94. The van der Waals surface area contributed by atoms with Gasteiger partial charge in [-0.05, 0) is 99.9 Å². The van der Waals surface area contributed by atoms with Crippen LogP contribution in [0.5, 0.6) is 0 Å². The van der Waals surface area contributed by atoms with Crippen molar-refractivity contribution in [2.24, 2.45) is 5.92 Å². The smallest absolute Gasteiger partial charge is 0.247 e. The Labute approximate surface area is 311 Å². The minimum absolute atomic E-state index is 0.0183. The highest BCUT2D eigenvalue weighted by atomic mass is 16.4. The number of amides is 3. The summed E-state index contributed by atoms with van der Waals surface area (Å²) in [4.78, 5) is 42.5. The Morgan fingerprint density at radius 2 is 1.30 bits per heavy atom. The monoisotopic (exact) mass is 717 g/mol. The van der Waals surface area contributed by atoms with Crippen LogP contribution in [0.4, 0.5) is 17.1 Å². The van der Waals surface area contributed by atoms with Crippen molar-refractivity contribution in [2.45, 2.75) is 116 Å². The first-order valence-corrected chi connectivity index (χ1v) is 19.3. The van der Waals surface area contributed by atoms with Crippen LogP contribution in [0.3, 0.4) is 0 Å². The van der Waals surface area contributed by atoms with Gasteiger partial charge >= 0.3 is 0 Å². The topological polar surface area (TPSA) is 133 Å². The zero-order valence-corrected chi connectivity index (χ0v) is 31.2. The maximum atomic E-state index is 13.2. The van der Waals surface area contributed by atoms with Gasteiger partial charge in [-0.2, -0.15) is 0 Å². The quantitative estimate of drug-likeness (QED) is 0.154. The lowest BCUT2D eigenvalue weighted by atomic mass is 9.83. The van der Waals surface area contributed by atoms with Gasteiger partial charge in [0.1, 0.15) is 0 Å². The van der Waals surface area contributed by atoms with Crippen molar-refractivity contribution in [1.82, 2.24) is 20.8 Å². The fourth-order valence-corrected chi connectivity index (χ4v) is 8.49. The molecule has 3 aliphatic rings. The van der Waals surface area contributed by atoms with E-state index >= 15 is 0 Å². The number of nitrogens with zero attached hydrogens (tertiary/aromatic N) is 4. The van der Waals surface area contributed by atoms with Gasteiger partial charge in [0, 0.05) is 65.6 Å². The minimum Gasteiger partial charge on any atom is -0.419 e. The maximum absolute atomic E-state index is 13.2. The summed E-state index contributed by atoms with van der Waals surface area (Å²) in [5.74, 6) is 1.03. The van der Waals surface area contributed by atoms with Crippen molar-refractivity contribution in [3.05, 3.63) is 89.8 Å². The van der Waals surface area contributed by atoms with Gasteiger partial charge in [-0.1, -0.05) is 50.2 Å². The van der Waals surface area contributed by atoms with Crippen molar-refractivity contribution in [3.63, 3.8) is 0 Å². The molecule has 0 bridgehead atoms. The lowest BCUT2D eigenvalue weighted by Crippen LogP contribution is -2.47. The number of benzene rings is 3. The fourth-order valence-electron chi connectivity index (χ4n) is 8.49. The Morgan fingerprint density at radius 1 is 0.736 bits per heavy atom. The molecule has 278 valence electrons. The van der Waals surface area contributed by atoms with E-state index in [1.807, 2.05) is 78.2 Å². The predicted molar refractivity (Wildman–Crippen MR) is 206 cm³/mol. The van der Waals surface area contributed by atoms with Crippen molar-refractivity contribution < 1.29 is 18.8 Å². The number of carbonyl (C=O) groups is 3. The van der Waals surface area contributed by atoms with E-state index < -0.39 is 0 Å². The maximum Gasteiger partial charge on any atom is 0.247 e. The number of carbonyl (C=O) groups excluding carboxylic acids is 3. The highest BCUT2D eigenvalue weighted by Gasteiger charge is 2.36. The molecule has 3 amide bonds. The van der Waals surface area contributed by atoms with Crippen LogP contribution >= 0.6 is 0 Å². The number of hydrogen-bond acceptors (Lipinski definition) is 8. The fraction of sp³-hybridized carbons (Fsp3) is 0.452. The van der Waals surface area contributed by atoms with Gasteiger partial charge in [-0.25, -0.2) is 0 Å². The lowest BCUT2D eigenvalue weighted by Gasteiger charge is -2.41. The second-order valence-corrected chi connectivity index (χ2v) is 14.8. The Kier molecular flexibility index (Phi) is 10.9. The van der Waals surface area contributed by atoms with Crippen LogP contribution in [0.2, 0.25) is 0 Å². The van der Waals surface area contributed by atoms with Crippen LogP contribution in [0.15, 0.2) is 77.2 Å². The molecule has 4 aromatic rings. The molecule has 0 spiro atoms. The first kappa shape index (κ1) is 36.3. The molecule has 0 saturated heterocycles. The van der Waals surface area contributed by atoms with Crippen molar-refractivity contribution >= 4 is 34.8 Å². The Bertz CT molecular complexity index is 1920. The molecular formula is C42H51N7O4. The standard InChI is InChI=1S/C42H51N7O4/c1-5-39(50)48-26(3)23-34(32-11-7-9-13-36(32)48)44-30-19-15-28(16-20-30)41(52)43-25-38-46-47-42(53-38)29-17-21-31(22-18-29)45-35-24-27(4)49(40(51)6-2)37-14-10-8-12-33(35)37/h7-14,17-18,21-22,26-28,30,34-35,44-45H,5-6,15-16,19-20,23-25H2,1-4H3,(H,43,52)/t26-,27-,28?,30?,34+,35+/m0/s1. The Morgan fingerprint density at radius 3 is 1.91 bits per heavy atom. The molecule has 3 N–H and O–H groups in total. The third-order valence-electron chi connectivity index (χ3n) is 11.2. The van der Waals surface area contributed by atoms with Crippen LogP contribution in [-0.4, -0.2) is 46.0 Å². The van der Waals surface area contributed by atoms with Crippen molar-refractivity contribution in [2.75, 3.05) is 15.1 Å². The summed E-state index contributed by atoms with van der Waals surface area (Å²) in [6.07, 6.45) is 6.09. The zero-order valence-electron chi connectivity index (χ0n) is 31.2. The Hall–Kier alpha value is -5.03. The van der Waals surface area contributed by atoms with Gasteiger partial charge in [0.15, 0.2) is 0 Å². The third-order valence-corrected chi connectivity index (χ3v) is 11.2. The molecule has 2 aliphatic heterocycles. The van der Waals surface area contributed by atoms with E-state index in [2.05, 4.69) is 58.2 Å². The van der Waals surface area contributed by atoms with Gasteiger partial charge in [-0.3, -0.25) is 14.4 Å². The van der Waals surface area contributed by atoms with Crippen LogP contribution in [0, 0.1) is 5.92 Å². The largest absolute Gasteiger partial charge is 0.419 e. The number of rotatable bonds is 10. The molecule has 1 saturated carbocycles. The van der Waals surface area contributed by atoms with E-state index in [9.17, 15) is 14.4 Å².